The molecule has 0 unspecified atom stereocenters. The summed E-state index contributed by atoms with van der Waals surface area (Å²) in [6.07, 6.45) is 1.73. The van der Waals surface area contributed by atoms with Crippen LogP contribution in [-0.2, 0) is 16.1 Å². The molecule has 16 heavy (non-hydrogen) atoms. The van der Waals surface area contributed by atoms with E-state index in [1.807, 2.05) is 24.3 Å². The summed E-state index contributed by atoms with van der Waals surface area (Å²) in [6.45, 7) is 1.66. The van der Waals surface area contributed by atoms with Crippen LogP contribution >= 0.6 is 15.9 Å². The van der Waals surface area contributed by atoms with Crippen LogP contribution in [0.15, 0.2) is 34.9 Å². The first-order chi connectivity index (χ1) is 7.68. The number of nitrogens with zero attached hydrogens (tertiary/aromatic N) is 1. The molecular formula is C12H10BrNO2. The van der Waals surface area contributed by atoms with Crippen molar-refractivity contribution in [2.45, 2.75) is 13.5 Å². The van der Waals surface area contributed by atoms with Gasteiger partial charge in [-0.05, 0) is 6.07 Å². The summed E-state index contributed by atoms with van der Waals surface area (Å²) in [5, 5.41) is 1.02. The lowest BCUT2D eigenvalue weighted by atomic mass is 10.1. The Morgan fingerprint density at radius 1 is 1.44 bits per heavy atom. The molecule has 0 aliphatic heterocycles. The van der Waals surface area contributed by atoms with Crippen LogP contribution in [0.1, 0.15) is 12.5 Å². The van der Waals surface area contributed by atoms with Crippen LogP contribution in [0.25, 0.3) is 10.9 Å². The maximum atomic E-state index is 10.8. The second-order valence-electron chi connectivity index (χ2n) is 3.39. The average molecular weight is 280 g/mol. The molecule has 0 saturated heterocycles. The molecule has 1 heterocycles. The minimum atomic E-state index is -0.285. The van der Waals surface area contributed by atoms with E-state index in [9.17, 15) is 4.79 Å². The van der Waals surface area contributed by atoms with Gasteiger partial charge in [-0.1, -0.05) is 34.1 Å². The summed E-state index contributed by atoms with van der Waals surface area (Å²) >= 11 is 3.46. The second kappa shape index (κ2) is 4.61. The van der Waals surface area contributed by atoms with Crippen molar-refractivity contribution >= 4 is 32.8 Å². The molecule has 1 aromatic carbocycles. The molecule has 0 bridgehead atoms. The predicted molar refractivity (Wildman–Crippen MR) is 64.9 cm³/mol. The molecule has 0 aliphatic carbocycles. The van der Waals surface area contributed by atoms with Crippen LogP contribution in [0, 0.1) is 0 Å². The lowest BCUT2D eigenvalue weighted by Crippen LogP contribution is -2.00. The van der Waals surface area contributed by atoms with Crippen LogP contribution < -0.4 is 0 Å². The van der Waals surface area contributed by atoms with Gasteiger partial charge < -0.3 is 4.74 Å². The lowest BCUT2D eigenvalue weighted by molar-refractivity contribution is -0.142. The van der Waals surface area contributed by atoms with Gasteiger partial charge in [0.15, 0.2) is 0 Å². The van der Waals surface area contributed by atoms with Crippen LogP contribution in [0.2, 0.25) is 0 Å². The Kier molecular flexibility index (Phi) is 3.19. The number of carbonyl (C=O) groups is 1. The fraction of sp³-hybridized carbons (Fsp3) is 0.167. The zero-order valence-electron chi connectivity index (χ0n) is 8.74. The summed E-state index contributed by atoms with van der Waals surface area (Å²) in [4.78, 5) is 15.1. The molecule has 0 fully saturated rings. The number of halogens is 1. The molecule has 0 saturated carbocycles. The van der Waals surface area contributed by atoms with Gasteiger partial charge in [0.05, 0.1) is 5.52 Å². The number of benzene rings is 1. The van der Waals surface area contributed by atoms with Gasteiger partial charge >= 0.3 is 5.97 Å². The first-order valence-corrected chi connectivity index (χ1v) is 5.63. The maximum Gasteiger partial charge on any atom is 0.302 e. The number of rotatable bonds is 2. The minimum absolute atomic E-state index is 0.260. The highest BCUT2D eigenvalue weighted by Gasteiger charge is 2.05. The highest BCUT2D eigenvalue weighted by atomic mass is 79.9. The molecular weight excluding hydrogens is 270 g/mol. The summed E-state index contributed by atoms with van der Waals surface area (Å²) in [6, 6.07) is 7.69. The quantitative estimate of drug-likeness (QED) is 0.794. The minimum Gasteiger partial charge on any atom is -0.461 e. The molecule has 82 valence electrons. The van der Waals surface area contributed by atoms with Gasteiger partial charge in [0.25, 0.3) is 0 Å². The van der Waals surface area contributed by atoms with E-state index in [1.165, 1.54) is 6.92 Å². The summed E-state index contributed by atoms with van der Waals surface area (Å²) in [5.41, 5.74) is 1.77. The molecule has 2 aromatic rings. The lowest BCUT2D eigenvalue weighted by Gasteiger charge is -2.06. The summed E-state index contributed by atoms with van der Waals surface area (Å²) in [5.74, 6) is -0.285. The van der Waals surface area contributed by atoms with Crippen molar-refractivity contribution < 1.29 is 9.53 Å². The molecule has 3 nitrogen and oxygen atoms in total. The Morgan fingerprint density at radius 3 is 3.00 bits per heavy atom. The van der Waals surface area contributed by atoms with E-state index in [-0.39, 0.29) is 12.6 Å². The molecule has 0 amide bonds. The second-order valence-corrected chi connectivity index (χ2v) is 4.24. The number of para-hydroxylation sites is 1. The average Bonchev–Trinajstić information content (AvgIpc) is 2.27. The van der Waals surface area contributed by atoms with E-state index < -0.39 is 0 Å². The number of pyridine rings is 1. The zero-order chi connectivity index (χ0) is 11.5. The Balaban J connectivity index is 2.45. The SMILES string of the molecule is CC(=O)OCc1cccc2c(Br)ccnc12. The number of fused-ring (bicyclic) bond motifs is 1. The smallest absolute Gasteiger partial charge is 0.302 e. The Bertz CT molecular complexity index is 540. The van der Waals surface area contributed by atoms with E-state index in [4.69, 9.17) is 4.74 Å². The molecule has 4 heteroatoms. The van der Waals surface area contributed by atoms with E-state index in [0.717, 1.165) is 20.9 Å². The zero-order valence-corrected chi connectivity index (χ0v) is 10.3. The van der Waals surface area contributed by atoms with Gasteiger partial charge in [0.2, 0.25) is 0 Å². The summed E-state index contributed by atoms with van der Waals surface area (Å²) in [7, 11) is 0. The Labute approximate surface area is 102 Å². The van der Waals surface area contributed by atoms with Crippen LogP contribution in [0.4, 0.5) is 0 Å². The number of carbonyl (C=O) groups excluding carboxylic acids is 1. The van der Waals surface area contributed by atoms with Gasteiger partial charge in [0, 0.05) is 28.5 Å². The van der Waals surface area contributed by atoms with Crippen molar-refractivity contribution in [3.63, 3.8) is 0 Å². The Hall–Kier alpha value is -1.42. The third-order valence-electron chi connectivity index (χ3n) is 2.23. The fourth-order valence-corrected chi connectivity index (χ4v) is 1.94. The first-order valence-electron chi connectivity index (χ1n) is 4.84. The molecule has 1 aromatic heterocycles. The van der Waals surface area contributed by atoms with Crippen LogP contribution in [0.5, 0.6) is 0 Å². The van der Waals surface area contributed by atoms with Crippen molar-refractivity contribution in [1.29, 1.82) is 0 Å². The van der Waals surface area contributed by atoms with Gasteiger partial charge in [-0.25, -0.2) is 0 Å². The van der Waals surface area contributed by atoms with Crippen molar-refractivity contribution in [3.05, 3.63) is 40.5 Å². The van der Waals surface area contributed by atoms with Gasteiger partial charge in [-0.2, -0.15) is 0 Å². The predicted octanol–water partition coefficient (Wildman–Crippen LogP) is 3.06. The highest BCUT2D eigenvalue weighted by molar-refractivity contribution is 9.10. The third-order valence-corrected chi connectivity index (χ3v) is 2.92. The molecule has 0 spiro atoms. The van der Waals surface area contributed by atoms with E-state index in [0.29, 0.717) is 0 Å². The van der Waals surface area contributed by atoms with Gasteiger partial charge in [-0.3, -0.25) is 9.78 Å². The largest absolute Gasteiger partial charge is 0.461 e. The maximum absolute atomic E-state index is 10.8. The summed E-state index contributed by atoms with van der Waals surface area (Å²) < 4.78 is 5.97. The normalized spacial score (nSPS) is 10.4. The standard InChI is InChI=1S/C12H10BrNO2/c1-8(15)16-7-9-3-2-4-10-11(13)5-6-14-12(9)10/h2-6H,7H2,1H3. The molecule has 2 rings (SSSR count). The molecule has 0 N–H and O–H groups in total. The first kappa shape index (κ1) is 11.1. The molecule has 0 radical (unpaired) electrons. The highest BCUT2D eigenvalue weighted by Crippen LogP contribution is 2.24. The topological polar surface area (TPSA) is 39.2 Å². The van der Waals surface area contributed by atoms with Gasteiger partial charge in [-0.15, -0.1) is 0 Å². The van der Waals surface area contributed by atoms with E-state index in [1.54, 1.807) is 6.20 Å². The monoisotopic (exact) mass is 279 g/mol. The molecule has 0 aliphatic rings. The fourth-order valence-electron chi connectivity index (χ4n) is 1.50. The van der Waals surface area contributed by atoms with Crippen molar-refractivity contribution in [1.82, 2.24) is 4.98 Å². The Morgan fingerprint density at radius 2 is 2.25 bits per heavy atom. The molecule has 0 atom stereocenters. The van der Waals surface area contributed by atoms with Crippen molar-refractivity contribution in [2.24, 2.45) is 0 Å². The van der Waals surface area contributed by atoms with Crippen molar-refractivity contribution in [3.8, 4) is 0 Å². The van der Waals surface area contributed by atoms with Crippen molar-refractivity contribution in [2.75, 3.05) is 0 Å². The number of aromatic nitrogens is 1. The van der Waals surface area contributed by atoms with E-state index >= 15 is 0 Å². The number of esters is 1. The number of hydrogen-bond donors (Lipinski definition) is 0. The van der Waals surface area contributed by atoms with Gasteiger partial charge in [0.1, 0.15) is 6.61 Å². The van der Waals surface area contributed by atoms with Crippen LogP contribution in [-0.4, -0.2) is 11.0 Å². The van der Waals surface area contributed by atoms with E-state index in [2.05, 4.69) is 20.9 Å². The third kappa shape index (κ3) is 2.22. The number of hydrogen-bond acceptors (Lipinski definition) is 3. The van der Waals surface area contributed by atoms with Crippen LogP contribution in [0.3, 0.4) is 0 Å². The number of ether oxygens (including phenoxy) is 1.